The Morgan fingerprint density at radius 2 is 1.58 bits per heavy atom. The molecule has 1 N–H and O–H groups in total. The summed E-state index contributed by atoms with van der Waals surface area (Å²) in [6, 6.07) is 17.5. The van der Waals surface area contributed by atoms with Crippen LogP contribution in [0.25, 0.3) is 0 Å². The van der Waals surface area contributed by atoms with Gasteiger partial charge in [-0.1, -0.05) is 51.8 Å². The van der Waals surface area contributed by atoms with Crippen molar-refractivity contribution >= 4 is 37.5 Å². The van der Waals surface area contributed by atoms with Crippen molar-refractivity contribution in [3.8, 4) is 0 Å². The van der Waals surface area contributed by atoms with Crippen LogP contribution in [-0.4, -0.2) is 20.9 Å². The number of aryl methyl sites for hydroxylation is 4. The van der Waals surface area contributed by atoms with Crippen LogP contribution in [0.3, 0.4) is 0 Å². The van der Waals surface area contributed by atoms with Gasteiger partial charge in [0, 0.05) is 4.47 Å². The summed E-state index contributed by atoms with van der Waals surface area (Å²) in [6.45, 7) is 9.58. The molecule has 33 heavy (non-hydrogen) atoms. The highest BCUT2D eigenvalue weighted by molar-refractivity contribution is 9.10. The van der Waals surface area contributed by atoms with Crippen LogP contribution in [-0.2, 0) is 14.8 Å². The van der Waals surface area contributed by atoms with Crippen molar-refractivity contribution in [2.75, 3.05) is 10.8 Å². The molecule has 0 spiro atoms. The van der Waals surface area contributed by atoms with E-state index in [-0.39, 0.29) is 23.4 Å². The van der Waals surface area contributed by atoms with Crippen LogP contribution in [0.15, 0.2) is 70.0 Å². The molecule has 0 aromatic heterocycles. The van der Waals surface area contributed by atoms with Crippen LogP contribution >= 0.6 is 15.9 Å². The van der Waals surface area contributed by atoms with Gasteiger partial charge in [-0.2, -0.15) is 0 Å². The molecule has 0 fully saturated rings. The van der Waals surface area contributed by atoms with Crippen molar-refractivity contribution in [1.29, 1.82) is 0 Å². The van der Waals surface area contributed by atoms with Gasteiger partial charge in [0.05, 0.1) is 16.6 Å². The second-order valence-corrected chi connectivity index (χ2v) is 11.2. The third kappa shape index (κ3) is 5.84. The van der Waals surface area contributed by atoms with Crippen molar-refractivity contribution in [2.24, 2.45) is 0 Å². The maximum atomic E-state index is 13.5. The highest BCUT2D eigenvalue weighted by Gasteiger charge is 2.28. The molecule has 0 heterocycles. The molecule has 1 unspecified atom stereocenters. The number of amides is 1. The summed E-state index contributed by atoms with van der Waals surface area (Å²) in [5.74, 6) is -0.379. The van der Waals surface area contributed by atoms with Gasteiger partial charge in [-0.25, -0.2) is 8.42 Å². The number of carbonyl (C=O) groups is 1. The van der Waals surface area contributed by atoms with E-state index in [1.165, 1.54) is 5.56 Å². The molecule has 0 radical (unpaired) electrons. The normalized spacial score (nSPS) is 12.3. The average molecular weight is 530 g/mol. The van der Waals surface area contributed by atoms with Gasteiger partial charge in [0.25, 0.3) is 10.0 Å². The third-order valence-corrected chi connectivity index (χ3v) is 8.00. The van der Waals surface area contributed by atoms with E-state index in [2.05, 4.69) is 40.3 Å². The summed E-state index contributed by atoms with van der Waals surface area (Å²) in [5.41, 5.74) is 5.81. The van der Waals surface area contributed by atoms with Crippen molar-refractivity contribution in [1.82, 2.24) is 5.32 Å². The lowest BCUT2D eigenvalue weighted by Gasteiger charge is -2.26. The molecule has 3 rings (SSSR count). The van der Waals surface area contributed by atoms with E-state index in [1.807, 2.05) is 33.8 Å². The number of sulfonamides is 1. The number of hydrogen-bond donors (Lipinski definition) is 1. The maximum absolute atomic E-state index is 13.5. The van der Waals surface area contributed by atoms with Crippen molar-refractivity contribution in [3.05, 3.63) is 93.0 Å². The zero-order chi connectivity index (χ0) is 24.3. The number of benzene rings is 3. The molecular weight excluding hydrogens is 500 g/mol. The zero-order valence-corrected chi connectivity index (χ0v) is 21.9. The van der Waals surface area contributed by atoms with E-state index in [1.54, 1.807) is 42.5 Å². The number of nitrogens with one attached hydrogen (secondary N) is 1. The first-order chi connectivity index (χ1) is 15.5. The summed E-state index contributed by atoms with van der Waals surface area (Å²) in [5, 5.41) is 2.97. The Balaban J connectivity index is 1.91. The van der Waals surface area contributed by atoms with E-state index >= 15 is 0 Å². The molecule has 0 saturated heterocycles. The first-order valence-electron chi connectivity index (χ1n) is 10.7. The Bertz CT molecular complexity index is 1270. The van der Waals surface area contributed by atoms with E-state index in [9.17, 15) is 13.2 Å². The van der Waals surface area contributed by atoms with Crippen LogP contribution in [0.5, 0.6) is 0 Å². The lowest BCUT2D eigenvalue weighted by atomic mass is 9.96. The molecule has 174 valence electrons. The molecule has 1 amide bonds. The Morgan fingerprint density at radius 3 is 2.21 bits per heavy atom. The lowest BCUT2D eigenvalue weighted by molar-refractivity contribution is -0.120. The van der Waals surface area contributed by atoms with E-state index in [4.69, 9.17) is 0 Å². The fourth-order valence-electron chi connectivity index (χ4n) is 3.73. The third-order valence-electron chi connectivity index (χ3n) is 5.72. The number of halogens is 1. The summed E-state index contributed by atoms with van der Waals surface area (Å²) < 4.78 is 28.9. The minimum Gasteiger partial charge on any atom is -0.348 e. The van der Waals surface area contributed by atoms with E-state index in [0.717, 1.165) is 31.0 Å². The fourth-order valence-corrected chi connectivity index (χ4v) is 5.53. The van der Waals surface area contributed by atoms with Gasteiger partial charge in [0.2, 0.25) is 5.91 Å². The number of rotatable bonds is 7. The van der Waals surface area contributed by atoms with Crippen LogP contribution in [0.4, 0.5) is 5.69 Å². The number of hydrogen-bond acceptors (Lipinski definition) is 3. The van der Waals surface area contributed by atoms with Crippen LogP contribution in [0.2, 0.25) is 0 Å². The van der Waals surface area contributed by atoms with E-state index < -0.39 is 10.0 Å². The molecule has 7 heteroatoms. The highest BCUT2D eigenvalue weighted by atomic mass is 79.9. The lowest BCUT2D eigenvalue weighted by Crippen LogP contribution is -2.41. The van der Waals surface area contributed by atoms with Gasteiger partial charge >= 0.3 is 0 Å². The molecule has 0 aliphatic heterocycles. The molecule has 0 saturated carbocycles. The van der Waals surface area contributed by atoms with Crippen molar-refractivity contribution in [2.45, 2.75) is 45.6 Å². The monoisotopic (exact) mass is 528 g/mol. The Hall–Kier alpha value is -2.64. The van der Waals surface area contributed by atoms with Gasteiger partial charge in [-0.15, -0.1) is 0 Å². The van der Waals surface area contributed by atoms with Crippen LogP contribution in [0, 0.1) is 27.7 Å². The number of anilines is 1. The topological polar surface area (TPSA) is 66.5 Å². The molecule has 1 atom stereocenters. The van der Waals surface area contributed by atoms with Crippen LogP contribution in [0.1, 0.15) is 40.8 Å². The number of carbonyl (C=O) groups excluding carboxylic acids is 1. The summed E-state index contributed by atoms with van der Waals surface area (Å²) >= 11 is 3.40. The van der Waals surface area contributed by atoms with Gasteiger partial charge < -0.3 is 5.32 Å². The first-order valence-corrected chi connectivity index (χ1v) is 12.9. The summed E-state index contributed by atoms with van der Waals surface area (Å²) in [7, 11) is -3.95. The maximum Gasteiger partial charge on any atom is 0.264 e. The van der Waals surface area contributed by atoms with E-state index in [0.29, 0.717) is 5.69 Å². The second-order valence-electron chi connectivity index (χ2n) is 8.39. The molecule has 3 aromatic rings. The van der Waals surface area contributed by atoms with Crippen molar-refractivity contribution < 1.29 is 13.2 Å². The van der Waals surface area contributed by atoms with Gasteiger partial charge in [-0.3, -0.25) is 9.10 Å². The molecule has 0 bridgehead atoms. The molecule has 5 nitrogen and oxygen atoms in total. The standard InChI is InChI=1S/C26H29BrN2O3S/c1-17-9-11-24(12-10-17)33(31,32)29(23-8-6-7-22(27)15-23)16-26(30)28-21(5)25-14-19(3)18(2)13-20(25)4/h6-15,21H,16H2,1-5H3,(H,28,30). The predicted molar refractivity (Wildman–Crippen MR) is 137 cm³/mol. The molecule has 3 aromatic carbocycles. The van der Waals surface area contributed by atoms with Gasteiger partial charge in [0.1, 0.15) is 6.54 Å². The molecular formula is C26H29BrN2O3S. The largest absolute Gasteiger partial charge is 0.348 e. The minimum absolute atomic E-state index is 0.138. The first kappa shape index (κ1) is 25.0. The van der Waals surface area contributed by atoms with Gasteiger partial charge in [-0.05, 0) is 87.2 Å². The summed E-state index contributed by atoms with van der Waals surface area (Å²) in [6.07, 6.45) is 0. The molecule has 0 aliphatic carbocycles. The Morgan fingerprint density at radius 1 is 0.939 bits per heavy atom. The second kappa shape index (κ2) is 10.1. The minimum atomic E-state index is -3.95. The summed E-state index contributed by atoms with van der Waals surface area (Å²) in [4.78, 5) is 13.2. The zero-order valence-electron chi connectivity index (χ0n) is 19.5. The predicted octanol–water partition coefficient (Wildman–Crippen LogP) is 5.76. The number of nitrogens with zero attached hydrogens (tertiary/aromatic N) is 1. The fraction of sp³-hybridized carbons (Fsp3) is 0.269. The van der Waals surface area contributed by atoms with Crippen LogP contribution < -0.4 is 9.62 Å². The Kier molecular flexibility index (Phi) is 7.65. The quantitative estimate of drug-likeness (QED) is 0.424. The SMILES string of the molecule is Cc1ccc(S(=O)(=O)N(CC(=O)NC(C)c2cc(C)c(C)cc2C)c2cccc(Br)c2)cc1. The average Bonchev–Trinajstić information content (AvgIpc) is 2.74. The molecule has 0 aliphatic rings. The van der Waals surface area contributed by atoms with Crippen molar-refractivity contribution in [3.63, 3.8) is 0 Å². The highest BCUT2D eigenvalue weighted by Crippen LogP contribution is 2.27. The Labute approximate surface area is 205 Å². The van der Waals surface area contributed by atoms with Gasteiger partial charge in [0.15, 0.2) is 0 Å². The smallest absolute Gasteiger partial charge is 0.264 e.